The smallest absolute Gasteiger partial charge is 0.317 e. The molecule has 0 aromatic carbocycles. The monoisotopic (exact) mass is 217 g/mol. The molecule has 0 spiro atoms. The maximum atomic E-state index is 10.5. The molecule has 1 saturated carbocycles. The first-order valence-electron chi connectivity index (χ1n) is 5.17. The molecule has 0 aromatic heterocycles. The highest BCUT2D eigenvalue weighted by molar-refractivity contribution is 7.99. The fraction of sp³-hybridized carbons (Fsp3) is 0.900. The topological polar surface area (TPSA) is 40.5 Å². The van der Waals surface area contributed by atoms with Crippen LogP contribution in [0.4, 0.5) is 0 Å². The second kappa shape index (κ2) is 5.61. The number of aliphatic carboxylic acids is 1. The zero-order valence-corrected chi connectivity index (χ0v) is 9.72. The summed E-state index contributed by atoms with van der Waals surface area (Å²) >= 11 is 2.00. The molecular formula is C10H19NO2S. The molecule has 3 nitrogen and oxygen atoms in total. The lowest BCUT2D eigenvalue weighted by Crippen LogP contribution is -2.34. The van der Waals surface area contributed by atoms with Crippen LogP contribution in [0.2, 0.25) is 0 Å². The van der Waals surface area contributed by atoms with Crippen molar-refractivity contribution in [1.82, 2.24) is 4.90 Å². The van der Waals surface area contributed by atoms with Crippen molar-refractivity contribution in [3.63, 3.8) is 0 Å². The largest absolute Gasteiger partial charge is 0.480 e. The first-order valence-corrected chi connectivity index (χ1v) is 6.22. The Hall–Kier alpha value is -0.220. The maximum absolute atomic E-state index is 10.5. The van der Waals surface area contributed by atoms with Gasteiger partial charge < -0.3 is 5.11 Å². The highest BCUT2D eigenvalue weighted by atomic mass is 32.2. The minimum absolute atomic E-state index is 0.175. The average Bonchev–Trinajstić information content (AvgIpc) is 2.52. The molecule has 0 aliphatic heterocycles. The molecule has 1 aliphatic carbocycles. The van der Waals surface area contributed by atoms with Gasteiger partial charge in [0.15, 0.2) is 0 Å². The standard InChI is InChI=1S/C10H19NO2S/c1-3-14-9-5-4-8(6-9)11(2)7-10(12)13/h8-9H,3-7H2,1-2H3,(H,12,13). The van der Waals surface area contributed by atoms with Gasteiger partial charge in [-0.1, -0.05) is 6.92 Å². The van der Waals surface area contributed by atoms with Crippen molar-refractivity contribution in [2.24, 2.45) is 0 Å². The molecule has 2 unspecified atom stereocenters. The van der Waals surface area contributed by atoms with Crippen molar-refractivity contribution in [3.05, 3.63) is 0 Å². The van der Waals surface area contributed by atoms with Gasteiger partial charge in [0.25, 0.3) is 0 Å². The first-order chi connectivity index (χ1) is 6.63. The third-order valence-corrected chi connectivity index (χ3v) is 4.00. The second-order valence-electron chi connectivity index (χ2n) is 3.85. The molecule has 1 fully saturated rings. The van der Waals surface area contributed by atoms with Crippen LogP contribution in [0.3, 0.4) is 0 Å². The zero-order chi connectivity index (χ0) is 10.6. The van der Waals surface area contributed by atoms with E-state index in [9.17, 15) is 4.79 Å². The van der Waals surface area contributed by atoms with Crippen LogP contribution >= 0.6 is 11.8 Å². The summed E-state index contributed by atoms with van der Waals surface area (Å²) in [5.74, 6) is 0.444. The summed E-state index contributed by atoms with van der Waals surface area (Å²) in [6.07, 6.45) is 3.55. The number of carbonyl (C=O) groups is 1. The van der Waals surface area contributed by atoms with Crippen LogP contribution in [-0.4, -0.2) is 46.6 Å². The van der Waals surface area contributed by atoms with Crippen LogP contribution in [-0.2, 0) is 4.79 Å². The Kier molecular flexibility index (Phi) is 4.75. The van der Waals surface area contributed by atoms with Crippen LogP contribution < -0.4 is 0 Å². The summed E-state index contributed by atoms with van der Waals surface area (Å²) in [4.78, 5) is 12.5. The second-order valence-corrected chi connectivity index (χ2v) is 5.43. The number of rotatable bonds is 5. The Bertz CT molecular complexity index is 199. The quantitative estimate of drug-likeness (QED) is 0.760. The molecule has 0 amide bonds. The van der Waals surface area contributed by atoms with Crippen LogP contribution in [0.5, 0.6) is 0 Å². The molecule has 1 N–H and O–H groups in total. The van der Waals surface area contributed by atoms with E-state index in [1.165, 1.54) is 12.2 Å². The van der Waals surface area contributed by atoms with Crippen LogP contribution in [0, 0.1) is 0 Å². The third kappa shape index (κ3) is 3.50. The highest BCUT2D eigenvalue weighted by Gasteiger charge is 2.27. The van der Waals surface area contributed by atoms with Gasteiger partial charge in [-0.05, 0) is 32.1 Å². The van der Waals surface area contributed by atoms with Gasteiger partial charge in [-0.25, -0.2) is 0 Å². The summed E-state index contributed by atoms with van der Waals surface area (Å²) < 4.78 is 0. The predicted molar refractivity (Wildman–Crippen MR) is 59.8 cm³/mol. The van der Waals surface area contributed by atoms with E-state index in [-0.39, 0.29) is 6.54 Å². The number of carboxylic acids is 1. The van der Waals surface area contributed by atoms with Crippen LogP contribution in [0.25, 0.3) is 0 Å². The van der Waals surface area contributed by atoms with E-state index in [4.69, 9.17) is 5.11 Å². The Morgan fingerprint density at radius 1 is 1.57 bits per heavy atom. The molecule has 0 heterocycles. The number of nitrogens with zero attached hydrogens (tertiary/aromatic N) is 1. The lowest BCUT2D eigenvalue weighted by Gasteiger charge is -2.22. The van der Waals surface area contributed by atoms with Gasteiger partial charge in [-0.15, -0.1) is 0 Å². The number of hydrogen-bond acceptors (Lipinski definition) is 3. The zero-order valence-electron chi connectivity index (χ0n) is 8.90. The van der Waals surface area contributed by atoms with E-state index in [1.807, 2.05) is 23.7 Å². The van der Waals surface area contributed by atoms with Gasteiger partial charge in [0.05, 0.1) is 6.54 Å². The SMILES string of the molecule is CCSC1CCC(N(C)CC(=O)O)C1. The number of carboxylic acid groups (broad SMARTS) is 1. The van der Waals surface area contributed by atoms with Gasteiger partial charge in [0.2, 0.25) is 0 Å². The molecule has 14 heavy (non-hydrogen) atoms. The highest BCUT2D eigenvalue weighted by Crippen LogP contribution is 2.31. The Morgan fingerprint density at radius 2 is 2.29 bits per heavy atom. The molecular weight excluding hydrogens is 198 g/mol. The van der Waals surface area contributed by atoms with Crippen molar-refractivity contribution in [1.29, 1.82) is 0 Å². The molecule has 1 rings (SSSR count). The van der Waals surface area contributed by atoms with Crippen molar-refractivity contribution >= 4 is 17.7 Å². The lowest BCUT2D eigenvalue weighted by atomic mass is 10.2. The molecule has 1 aliphatic rings. The van der Waals surface area contributed by atoms with Crippen LogP contribution in [0.1, 0.15) is 26.2 Å². The van der Waals surface area contributed by atoms with Gasteiger partial charge in [-0.2, -0.15) is 11.8 Å². The van der Waals surface area contributed by atoms with Gasteiger partial charge in [-0.3, -0.25) is 9.69 Å². The van der Waals surface area contributed by atoms with E-state index in [2.05, 4.69) is 6.92 Å². The molecule has 4 heteroatoms. The van der Waals surface area contributed by atoms with Gasteiger partial charge in [0, 0.05) is 11.3 Å². The number of thioether (sulfide) groups is 1. The van der Waals surface area contributed by atoms with Crippen molar-refractivity contribution in [2.45, 2.75) is 37.5 Å². The molecule has 2 atom stereocenters. The van der Waals surface area contributed by atoms with Gasteiger partial charge in [0.1, 0.15) is 0 Å². The minimum atomic E-state index is -0.723. The number of likely N-dealkylation sites (N-methyl/N-ethyl adjacent to an activating group) is 1. The van der Waals surface area contributed by atoms with Gasteiger partial charge >= 0.3 is 5.97 Å². The summed E-state index contributed by atoms with van der Waals surface area (Å²) in [5, 5.41) is 9.42. The molecule has 82 valence electrons. The fourth-order valence-corrected chi connectivity index (χ4v) is 3.18. The Morgan fingerprint density at radius 3 is 2.86 bits per heavy atom. The van der Waals surface area contributed by atoms with Crippen molar-refractivity contribution in [3.8, 4) is 0 Å². The molecule has 0 radical (unpaired) electrons. The predicted octanol–water partition coefficient (Wildman–Crippen LogP) is 1.68. The lowest BCUT2D eigenvalue weighted by molar-refractivity contribution is -0.138. The molecule has 0 bridgehead atoms. The maximum Gasteiger partial charge on any atom is 0.317 e. The van der Waals surface area contributed by atoms with E-state index in [0.717, 1.165) is 18.1 Å². The summed E-state index contributed by atoms with van der Waals surface area (Å²) in [6.45, 7) is 2.35. The summed E-state index contributed by atoms with van der Waals surface area (Å²) in [7, 11) is 1.91. The van der Waals surface area contributed by atoms with E-state index in [1.54, 1.807) is 0 Å². The minimum Gasteiger partial charge on any atom is -0.480 e. The van der Waals surface area contributed by atoms with E-state index < -0.39 is 5.97 Å². The number of hydrogen-bond donors (Lipinski definition) is 1. The molecule has 0 saturated heterocycles. The van der Waals surface area contributed by atoms with Crippen molar-refractivity contribution in [2.75, 3.05) is 19.3 Å². The summed E-state index contributed by atoms with van der Waals surface area (Å²) in [5.41, 5.74) is 0. The average molecular weight is 217 g/mol. The Labute approximate surface area is 89.9 Å². The van der Waals surface area contributed by atoms with E-state index in [0.29, 0.717) is 6.04 Å². The third-order valence-electron chi connectivity index (χ3n) is 2.77. The van der Waals surface area contributed by atoms with Crippen LogP contribution in [0.15, 0.2) is 0 Å². The normalized spacial score (nSPS) is 27.1. The molecule has 0 aromatic rings. The summed E-state index contributed by atoms with van der Waals surface area (Å²) in [6, 6.07) is 0.482. The Balaban J connectivity index is 2.30. The first kappa shape index (κ1) is 11.9. The van der Waals surface area contributed by atoms with Crippen molar-refractivity contribution < 1.29 is 9.90 Å². The van der Waals surface area contributed by atoms with E-state index >= 15 is 0 Å². The fourth-order valence-electron chi connectivity index (χ4n) is 2.05.